The fraction of sp³-hybridized carbons (Fsp3) is 0.214. The lowest BCUT2D eigenvalue weighted by Crippen LogP contribution is -2.30. The fourth-order valence-electron chi connectivity index (χ4n) is 8.30. The summed E-state index contributed by atoms with van der Waals surface area (Å²) in [7, 11) is 2.77. The molecule has 6 aromatic carbocycles. The van der Waals surface area contributed by atoms with Crippen LogP contribution in [0.4, 0.5) is 0 Å². The number of rotatable bonds is 14. The number of phenolic OH excluding ortho intramolecular Hbond substituents is 1. The molecular formula is C56H52Cl2N2O8. The maximum absolute atomic E-state index is 14.2. The summed E-state index contributed by atoms with van der Waals surface area (Å²) in [6.45, 7) is 8.42. The molecule has 0 saturated heterocycles. The van der Waals surface area contributed by atoms with Gasteiger partial charge in [0, 0.05) is 74.7 Å². The van der Waals surface area contributed by atoms with Crippen LogP contribution in [0.15, 0.2) is 152 Å². The first-order valence-electron chi connectivity index (χ1n) is 22.0. The lowest BCUT2D eigenvalue weighted by Gasteiger charge is -2.23. The Morgan fingerprint density at radius 1 is 0.574 bits per heavy atom. The Hall–Kier alpha value is -7.14. The number of carbonyl (C=O) groups excluding carboxylic acids is 4. The number of hydrogen-bond acceptors (Lipinski definition) is 8. The van der Waals surface area contributed by atoms with Crippen molar-refractivity contribution < 1.29 is 38.5 Å². The third-order valence-electron chi connectivity index (χ3n) is 11.8. The number of aromatic hydroxyl groups is 1. The van der Waals surface area contributed by atoms with Gasteiger partial charge in [-0.25, -0.2) is 4.79 Å². The number of benzene rings is 6. The van der Waals surface area contributed by atoms with Crippen LogP contribution in [0.5, 0.6) is 11.5 Å². The average molecular weight is 952 g/mol. The molecule has 0 fully saturated rings. The standard InChI is InChI=1S/C35H30ClNO5.C21H22ClNO3/c1-35(2,34(40)41-3)21-30-31(32(38)24-10-6-4-7-11-24)28-20-27(42-33(39)25-12-8-5-9-13-25)18-19-29(28)37(30)22-23-14-16-26(36)17-15-23;1-21(2,20(25)26-3)12-17-10-15-11-18(24)8-9-19(15)23(17)13-14-4-6-16(22)7-5-14/h4-20H,21-22H2,1-3H3;4-11,24H,12-13H2,1-3H3. The second kappa shape index (κ2) is 20.8. The Morgan fingerprint density at radius 3 is 1.65 bits per heavy atom. The van der Waals surface area contributed by atoms with Gasteiger partial charge in [0.05, 0.1) is 36.2 Å². The van der Waals surface area contributed by atoms with Gasteiger partial charge < -0.3 is 28.5 Å². The van der Waals surface area contributed by atoms with E-state index in [0.717, 1.165) is 33.2 Å². The number of fused-ring (bicyclic) bond motifs is 2. The molecule has 0 aliphatic rings. The van der Waals surface area contributed by atoms with Gasteiger partial charge in [-0.05, 0) is 118 Å². The van der Waals surface area contributed by atoms with Crippen LogP contribution < -0.4 is 4.74 Å². The van der Waals surface area contributed by atoms with Gasteiger partial charge in [0.2, 0.25) is 0 Å². The first kappa shape index (κ1) is 48.8. The first-order chi connectivity index (χ1) is 32.5. The van der Waals surface area contributed by atoms with Crippen molar-refractivity contribution in [2.75, 3.05) is 14.2 Å². The number of carbonyl (C=O) groups is 4. The van der Waals surface area contributed by atoms with Gasteiger partial charge in [-0.3, -0.25) is 14.4 Å². The zero-order chi connectivity index (χ0) is 48.8. The van der Waals surface area contributed by atoms with E-state index in [1.165, 1.54) is 14.2 Å². The van der Waals surface area contributed by atoms with Crippen LogP contribution >= 0.6 is 23.2 Å². The molecule has 0 amide bonds. The van der Waals surface area contributed by atoms with Gasteiger partial charge in [0.25, 0.3) is 0 Å². The Labute approximate surface area is 405 Å². The summed E-state index contributed by atoms with van der Waals surface area (Å²) in [5.41, 5.74) is 5.31. The van der Waals surface area contributed by atoms with Crippen LogP contribution in [0.1, 0.15) is 76.5 Å². The van der Waals surface area contributed by atoms with E-state index in [9.17, 15) is 24.3 Å². The highest BCUT2D eigenvalue weighted by atomic mass is 35.5. The first-order valence-corrected chi connectivity index (χ1v) is 22.7. The minimum Gasteiger partial charge on any atom is -0.508 e. The number of esters is 3. The molecule has 0 atom stereocenters. The summed E-state index contributed by atoms with van der Waals surface area (Å²) in [5.74, 6) is -0.804. The Bertz CT molecular complexity index is 3100. The van der Waals surface area contributed by atoms with Crippen molar-refractivity contribution >= 4 is 68.7 Å². The van der Waals surface area contributed by atoms with Crippen molar-refractivity contribution in [3.05, 3.63) is 201 Å². The number of methoxy groups -OCH3 is 2. The molecule has 8 aromatic rings. The topological polar surface area (TPSA) is 126 Å². The van der Waals surface area contributed by atoms with E-state index in [0.29, 0.717) is 63.1 Å². The highest BCUT2D eigenvalue weighted by Crippen LogP contribution is 2.37. The van der Waals surface area contributed by atoms with E-state index >= 15 is 0 Å². The van der Waals surface area contributed by atoms with E-state index in [2.05, 4.69) is 4.57 Å². The zero-order valence-electron chi connectivity index (χ0n) is 38.7. The SMILES string of the molecule is COC(=O)C(C)(C)Cc1c(C(=O)c2ccccc2)c2cc(OC(=O)c3ccccc3)ccc2n1Cc1ccc(Cl)cc1.COC(=O)C(C)(C)Cc1cc2cc(O)ccc2n1Cc1ccc(Cl)cc1. The summed E-state index contributed by atoms with van der Waals surface area (Å²) in [5, 5.41) is 12.7. The number of hydrogen-bond donors (Lipinski definition) is 1. The molecule has 2 aromatic heterocycles. The van der Waals surface area contributed by atoms with Crippen molar-refractivity contribution in [1.29, 1.82) is 0 Å². The summed E-state index contributed by atoms with van der Waals surface area (Å²) >= 11 is 12.1. The number of ether oxygens (including phenoxy) is 3. The molecule has 348 valence electrons. The molecule has 0 aliphatic heterocycles. The molecule has 12 heteroatoms. The Balaban J connectivity index is 0.000000225. The predicted octanol–water partition coefficient (Wildman–Crippen LogP) is 12.3. The normalized spacial score (nSPS) is 11.5. The van der Waals surface area contributed by atoms with Gasteiger partial charge in [0.15, 0.2) is 5.78 Å². The summed E-state index contributed by atoms with van der Waals surface area (Å²) in [6, 6.07) is 45.5. The summed E-state index contributed by atoms with van der Waals surface area (Å²) in [6.07, 6.45) is 0.762. The Morgan fingerprint density at radius 2 is 1.09 bits per heavy atom. The molecule has 68 heavy (non-hydrogen) atoms. The van der Waals surface area contributed by atoms with Gasteiger partial charge >= 0.3 is 17.9 Å². The fourth-order valence-corrected chi connectivity index (χ4v) is 8.56. The molecular weight excluding hydrogens is 900 g/mol. The number of nitrogens with zero attached hydrogens (tertiary/aromatic N) is 2. The van der Waals surface area contributed by atoms with Crippen molar-refractivity contribution in [3.63, 3.8) is 0 Å². The van der Waals surface area contributed by atoms with Crippen LogP contribution in [-0.4, -0.2) is 52.2 Å². The molecule has 0 bridgehead atoms. The molecule has 1 N–H and O–H groups in total. The largest absolute Gasteiger partial charge is 0.508 e. The number of aromatic nitrogens is 2. The monoisotopic (exact) mass is 950 g/mol. The summed E-state index contributed by atoms with van der Waals surface area (Å²) < 4.78 is 20.0. The third kappa shape index (κ3) is 11.2. The van der Waals surface area contributed by atoms with E-state index in [1.807, 2.05) is 109 Å². The average Bonchev–Trinajstić information content (AvgIpc) is 3.81. The molecule has 0 unspecified atom stereocenters. The van der Waals surface area contributed by atoms with Crippen molar-refractivity contribution in [3.8, 4) is 11.5 Å². The quantitative estimate of drug-likeness (QED) is 0.0649. The minimum atomic E-state index is -0.935. The minimum absolute atomic E-state index is 0.197. The zero-order valence-corrected chi connectivity index (χ0v) is 40.2. The summed E-state index contributed by atoms with van der Waals surface area (Å²) in [4.78, 5) is 52.0. The van der Waals surface area contributed by atoms with Crippen molar-refractivity contribution in [2.24, 2.45) is 10.8 Å². The van der Waals surface area contributed by atoms with Crippen LogP contribution in [-0.2, 0) is 45.0 Å². The second-order valence-electron chi connectivity index (χ2n) is 17.9. The molecule has 8 rings (SSSR count). The smallest absolute Gasteiger partial charge is 0.343 e. The maximum atomic E-state index is 14.2. The second-order valence-corrected chi connectivity index (χ2v) is 18.7. The lowest BCUT2D eigenvalue weighted by atomic mass is 9.85. The molecule has 0 spiro atoms. The number of halogens is 2. The van der Waals surface area contributed by atoms with E-state index < -0.39 is 16.8 Å². The van der Waals surface area contributed by atoms with Crippen LogP contribution in [0.25, 0.3) is 21.8 Å². The number of phenols is 1. The molecule has 0 saturated carbocycles. The lowest BCUT2D eigenvalue weighted by molar-refractivity contribution is -0.151. The van der Waals surface area contributed by atoms with Crippen molar-refractivity contribution in [1.82, 2.24) is 9.13 Å². The van der Waals surface area contributed by atoms with Gasteiger partial charge in [-0.1, -0.05) is 96.0 Å². The highest BCUT2D eigenvalue weighted by molar-refractivity contribution is 6.30. The van der Waals surface area contributed by atoms with Crippen LogP contribution in [0.2, 0.25) is 10.0 Å². The predicted molar refractivity (Wildman–Crippen MR) is 267 cm³/mol. The van der Waals surface area contributed by atoms with Crippen molar-refractivity contribution in [2.45, 2.75) is 53.6 Å². The highest BCUT2D eigenvalue weighted by Gasteiger charge is 2.35. The molecule has 10 nitrogen and oxygen atoms in total. The van der Waals surface area contributed by atoms with Gasteiger partial charge in [-0.15, -0.1) is 0 Å². The third-order valence-corrected chi connectivity index (χ3v) is 12.3. The van der Waals surface area contributed by atoms with Gasteiger partial charge in [-0.2, -0.15) is 0 Å². The Kier molecular flexibility index (Phi) is 14.9. The van der Waals surface area contributed by atoms with E-state index in [4.69, 9.17) is 37.4 Å². The van der Waals surface area contributed by atoms with Gasteiger partial charge in [0.1, 0.15) is 11.5 Å². The number of ketones is 1. The molecule has 2 heterocycles. The van der Waals surface area contributed by atoms with Crippen LogP contribution in [0, 0.1) is 10.8 Å². The maximum Gasteiger partial charge on any atom is 0.343 e. The van der Waals surface area contributed by atoms with E-state index in [1.54, 1.807) is 74.5 Å². The van der Waals surface area contributed by atoms with E-state index in [-0.39, 0.29) is 29.9 Å². The van der Waals surface area contributed by atoms with Crippen LogP contribution in [0.3, 0.4) is 0 Å². The molecule has 0 aliphatic carbocycles. The molecule has 0 radical (unpaired) electrons.